The van der Waals surface area contributed by atoms with Gasteiger partial charge in [-0.1, -0.05) is 24.3 Å². The van der Waals surface area contributed by atoms with Crippen molar-refractivity contribution in [1.82, 2.24) is 0 Å². The van der Waals surface area contributed by atoms with Gasteiger partial charge in [-0.05, 0) is 67.8 Å². The fourth-order valence-electron chi connectivity index (χ4n) is 3.77. The Hall–Kier alpha value is -4.86. The van der Waals surface area contributed by atoms with E-state index in [-0.39, 0.29) is 34.0 Å². The number of hydrogen-bond donors (Lipinski definition) is 3. The van der Waals surface area contributed by atoms with Crippen LogP contribution >= 0.6 is 0 Å². The lowest BCUT2D eigenvalue weighted by Crippen LogP contribution is -2.29. The number of carboxylic acid groups (broad SMARTS) is 2. The third kappa shape index (κ3) is 4.43. The summed E-state index contributed by atoms with van der Waals surface area (Å²) in [5.74, 6) is -3.47. The first-order valence-electron chi connectivity index (χ1n) is 10.9. The fraction of sp³-hybridized carbons (Fsp3) is 0.154. The van der Waals surface area contributed by atoms with Crippen molar-refractivity contribution in [2.24, 2.45) is 15.3 Å². The van der Waals surface area contributed by atoms with Crippen LogP contribution in [0.2, 0.25) is 0 Å². The number of anilines is 1. The second-order valence-corrected chi connectivity index (χ2v) is 8.32. The monoisotopic (exact) mass is 486 g/mol. The molecule has 3 N–H and O–H groups in total. The highest BCUT2D eigenvalue weighted by molar-refractivity contribution is 6.18. The molecule has 0 radical (unpaired) electrons. The van der Waals surface area contributed by atoms with Crippen LogP contribution in [0.5, 0.6) is 5.75 Å². The van der Waals surface area contributed by atoms with Gasteiger partial charge in [0, 0.05) is 5.56 Å². The second kappa shape index (κ2) is 9.41. The van der Waals surface area contributed by atoms with Crippen molar-refractivity contribution in [2.45, 2.75) is 26.8 Å². The lowest BCUT2D eigenvalue weighted by molar-refractivity contribution is -0.117. The van der Waals surface area contributed by atoms with Gasteiger partial charge < -0.3 is 15.3 Å². The van der Waals surface area contributed by atoms with Gasteiger partial charge in [-0.25, -0.2) is 9.59 Å². The summed E-state index contributed by atoms with van der Waals surface area (Å²) in [6.07, 6.45) is 0. The number of carboxylic acids is 2. The van der Waals surface area contributed by atoms with Crippen molar-refractivity contribution in [3.8, 4) is 16.9 Å². The van der Waals surface area contributed by atoms with E-state index in [4.69, 9.17) is 0 Å². The Morgan fingerprint density at radius 1 is 0.917 bits per heavy atom. The predicted molar refractivity (Wildman–Crippen MR) is 132 cm³/mol. The van der Waals surface area contributed by atoms with E-state index < -0.39 is 23.5 Å². The van der Waals surface area contributed by atoms with Crippen LogP contribution in [0.1, 0.15) is 38.8 Å². The van der Waals surface area contributed by atoms with E-state index >= 15 is 0 Å². The molecule has 10 heteroatoms. The van der Waals surface area contributed by atoms with Gasteiger partial charge in [0.2, 0.25) is 0 Å². The number of hydrazone groups is 1. The quantitative estimate of drug-likeness (QED) is 0.419. The Kier molecular flexibility index (Phi) is 6.35. The zero-order valence-electron chi connectivity index (χ0n) is 19.6. The maximum Gasteiger partial charge on any atom is 0.336 e. The highest BCUT2D eigenvalue weighted by Crippen LogP contribution is 2.38. The van der Waals surface area contributed by atoms with Gasteiger partial charge in [-0.2, -0.15) is 20.3 Å². The molecule has 36 heavy (non-hydrogen) atoms. The van der Waals surface area contributed by atoms with Crippen LogP contribution in [-0.4, -0.2) is 44.9 Å². The number of nitrogens with zero attached hydrogens (tertiary/aromatic N) is 4. The Morgan fingerprint density at radius 2 is 1.64 bits per heavy atom. The zero-order valence-corrected chi connectivity index (χ0v) is 19.6. The summed E-state index contributed by atoms with van der Waals surface area (Å²) >= 11 is 0. The molecule has 0 spiro atoms. The summed E-state index contributed by atoms with van der Waals surface area (Å²) in [6.45, 7) is 5.58. The average Bonchev–Trinajstić information content (AvgIpc) is 3.12. The number of para-hydroxylation sites is 1. The number of aryl methyl sites for hydroxylation is 2. The van der Waals surface area contributed by atoms with Crippen molar-refractivity contribution >= 4 is 34.9 Å². The first-order valence-corrected chi connectivity index (χ1v) is 10.9. The number of carbonyl (C=O) groups is 3. The molecule has 0 fully saturated rings. The molecule has 0 aliphatic carbocycles. The number of benzene rings is 3. The summed E-state index contributed by atoms with van der Waals surface area (Å²) in [5.41, 5.74) is 2.93. The number of aromatic carboxylic acids is 2. The van der Waals surface area contributed by atoms with Crippen molar-refractivity contribution < 1.29 is 29.7 Å². The van der Waals surface area contributed by atoms with E-state index in [0.717, 1.165) is 17.2 Å². The normalized spacial score (nSPS) is 15.4. The van der Waals surface area contributed by atoms with Gasteiger partial charge >= 0.3 is 11.9 Å². The SMILES string of the molecule is CC1=NN(c2ccc(C)c(C)c2)C(=O)C1N=Nc1cccc(-c2ccc(C(=O)O)c(C(=O)O)c2)c1O. The number of phenols is 1. The molecule has 0 aromatic heterocycles. The Bertz CT molecular complexity index is 1480. The maximum absolute atomic E-state index is 13.0. The van der Waals surface area contributed by atoms with Crippen LogP contribution in [0.15, 0.2) is 69.9 Å². The molecule has 4 rings (SSSR count). The predicted octanol–water partition coefficient (Wildman–Crippen LogP) is 4.95. The number of azo groups is 1. The van der Waals surface area contributed by atoms with Crippen molar-refractivity contribution in [3.63, 3.8) is 0 Å². The lowest BCUT2D eigenvalue weighted by Gasteiger charge is -2.14. The van der Waals surface area contributed by atoms with E-state index in [2.05, 4.69) is 15.3 Å². The Morgan fingerprint density at radius 3 is 2.31 bits per heavy atom. The largest absolute Gasteiger partial charge is 0.505 e. The minimum absolute atomic E-state index is 0.0527. The van der Waals surface area contributed by atoms with E-state index in [1.54, 1.807) is 19.1 Å². The molecule has 0 saturated carbocycles. The van der Waals surface area contributed by atoms with E-state index in [1.165, 1.54) is 29.3 Å². The molecular formula is C26H22N4O6. The number of phenolic OH excluding ortho intramolecular Hbond substituents is 1. The molecule has 1 atom stereocenters. The Labute approximate surface area is 205 Å². The number of rotatable bonds is 6. The smallest absolute Gasteiger partial charge is 0.336 e. The van der Waals surface area contributed by atoms with Gasteiger partial charge in [-0.3, -0.25) is 4.79 Å². The van der Waals surface area contributed by atoms with Gasteiger partial charge in [-0.15, -0.1) is 0 Å². The number of amides is 1. The van der Waals surface area contributed by atoms with E-state index in [0.29, 0.717) is 11.4 Å². The first kappa shape index (κ1) is 24.3. The molecule has 10 nitrogen and oxygen atoms in total. The molecule has 1 aliphatic heterocycles. The fourth-order valence-corrected chi connectivity index (χ4v) is 3.77. The van der Waals surface area contributed by atoms with Gasteiger partial charge in [0.15, 0.2) is 11.8 Å². The summed E-state index contributed by atoms with van der Waals surface area (Å²) in [6, 6.07) is 12.9. The van der Waals surface area contributed by atoms with Crippen LogP contribution in [0.4, 0.5) is 11.4 Å². The molecular weight excluding hydrogens is 464 g/mol. The van der Waals surface area contributed by atoms with E-state index in [9.17, 15) is 29.7 Å². The topological polar surface area (TPSA) is 152 Å². The molecule has 182 valence electrons. The molecule has 1 amide bonds. The molecule has 0 bridgehead atoms. The highest BCUT2D eigenvalue weighted by atomic mass is 16.4. The average molecular weight is 486 g/mol. The second-order valence-electron chi connectivity index (χ2n) is 8.32. The van der Waals surface area contributed by atoms with Gasteiger partial charge in [0.05, 0.1) is 22.5 Å². The van der Waals surface area contributed by atoms with Gasteiger partial charge in [0.25, 0.3) is 5.91 Å². The third-order valence-electron chi connectivity index (χ3n) is 5.92. The third-order valence-corrected chi connectivity index (χ3v) is 5.92. The number of aromatic hydroxyl groups is 1. The minimum atomic E-state index is -1.41. The van der Waals surface area contributed by atoms with Crippen LogP contribution in [0, 0.1) is 13.8 Å². The van der Waals surface area contributed by atoms with Gasteiger partial charge in [0.1, 0.15) is 5.69 Å². The molecule has 1 aliphatic rings. The van der Waals surface area contributed by atoms with Crippen LogP contribution < -0.4 is 5.01 Å². The number of carbonyl (C=O) groups excluding carboxylic acids is 1. The maximum atomic E-state index is 13.0. The minimum Gasteiger partial charge on any atom is -0.505 e. The van der Waals surface area contributed by atoms with Crippen molar-refractivity contribution in [1.29, 1.82) is 0 Å². The number of hydrogen-bond acceptors (Lipinski definition) is 7. The van der Waals surface area contributed by atoms with Crippen LogP contribution in [0.3, 0.4) is 0 Å². The molecule has 1 heterocycles. The van der Waals surface area contributed by atoms with Crippen LogP contribution in [-0.2, 0) is 4.79 Å². The molecule has 3 aromatic carbocycles. The molecule has 0 saturated heterocycles. The van der Waals surface area contributed by atoms with E-state index in [1.807, 2.05) is 26.0 Å². The van der Waals surface area contributed by atoms with Crippen molar-refractivity contribution in [2.75, 3.05) is 5.01 Å². The molecule has 1 unspecified atom stereocenters. The lowest BCUT2D eigenvalue weighted by atomic mass is 9.98. The summed E-state index contributed by atoms with van der Waals surface area (Å²) in [4.78, 5) is 35.8. The molecule has 3 aromatic rings. The Balaban J connectivity index is 1.63. The summed E-state index contributed by atoms with van der Waals surface area (Å²) in [7, 11) is 0. The highest BCUT2D eigenvalue weighted by Gasteiger charge is 2.35. The summed E-state index contributed by atoms with van der Waals surface area (Å²) < 4.78 is 0. The summed E-state index contributed by atoms with van der Waals surface area (Å²) in [5, 5.41) is 43.2. The zero-order chi connectivity index (χ0) is 26.1. The standard InChI is InChI=1S/C26H22N4O6/c1-13-7-9-17(11-14(13)2)30-24(32)22(15(3)29-30)28-27-21-6-4-5-18(23(21)31)16-8-10-19(25(33)34)20(12-16)26(35)36/h4-12,22,31H,1-3H3,(H,33,34)(H,35,36). The first-order chi connectivity index (χ1) is 17.1. The van der Waals surface area contributed by atoms with Crippen LogP contribution in [0.25, 0.3) is 11.1 Å². The van der Waals surface area contributed by atoms with Crippen molar-refractivity contribution in [3.05, 3.63) is 76.9 Å².